The van der Waals surface area contributed by atoms with Crippen molar-refractivity contribution < 1.29 is 19.4 Å². The summed E-state index contributed by atoms with van der Waals surface area (Å²) in [6, 6.07) is 0. The van der Waals surface area contributed by atoms with E-state index in [1.165, 1.54) is 6.92 Å². The van der Waals surface area contributed by atoms with Crippen LogP contribution in [-0.4, -0.2) is 29.1 Å². The monoisotopic (exact) mass is 348 g/mol. The Morgan fingerprint density at radius 1 is 1.12 bits per heavy atom. The van der Waals surface area contributed by atoms with E-state index < -0.39 is 0 Å². The Morgan fingerprint density at radius 3 is 2.60 bits per heavy atom. The second-order valence-electron chi connectivity index (χ2n) is 9.72. The lowest BCUT2D eigenvalue weighted by atomic mass is 9.44. The first kappa shape index (κ1) is 17.5. The van der Waals surface area contributed by atoms with Crippen molar-refractivity contribution >= 4 is 11.8 Å². The Morgan fingerprint density at radius 2 is 1.88 bits per heavy atom. The maximum Gasteiger partial charge on any atom is 0.302 e. The van der Waals surface area contributed by atoms with Gasteiger partial charge in [0, 0.05) is 18.8 Å². The average molecular weight is 348 g/mol. The molecule has 0 aromatic heterocycles. The largest absolute Gasteiger partial charge is 0.463 e. The molecule has 8 atom stereocenters. The number of ketones is 1. The molecular formula is C21H32O4. The summed E-state index contributed by atoms with van der Waals surface area (Å²) in [5, 5.41) is 11.1. The van der Waals surface area contributed by atoms with E-state index in [1.54, 1.807) is 0 Å². The van der Waals surface area contributed by atoms with Gasteiger partial charge in [0.2, 0.25) is 0 Å². The van der Waals surface area contributed by atoms with Crippen LogP contribution in [-0.2, 0) is 14.3 Å². The highest BCUT2D eigenvalue weighted by Gasteiger charge is 2.62. The number of carbonyl (C=O) groups excluding carboxylic acids is 2. The van der Waals surface area contributed by atoms with Gasteiger partial charge in [-0.3, -0.25) is 9.59 Å². The summed E-state index contributed by atoms with van der Waals surface area (Å²) < 4.78 is 5.49. The van der Waals surface area contributed by atoms with Crippen molar-refractivity contribution in [3.8, 4) is 0 Å². The molecule has 140 valence electrons. The van der Waals surface area contributed by atoms with Crippen LogP contribution >= 0.6 is 0 Å². The number of hydrogen-bond donors (Lipinski definition) is 1. The van der Waals surface area contributed by atoms with Crippen molar-refractivity contribution in [2.45, 2.75) is 84.3 Å². The van der Waals surface area contributed by atoms with Gasteiger partial charge in [0.15, 0.2) is 0 Å². The molecule has 0 saturated heterocycles. The number of rotatable bonds is 1. The van der Waals surface area contributed by atoms with Gasteiger partial charge in [0.25, 0.3) is 0 Å². The predicted molar refractivity (Wildman–Crippen MR) is 93.7 cm³/mol. The molecule has 25 heavy (non-hydrogen) atoms. The molecule has 4 heteroatoms. The van der Waals surface area contributed by atoms with Gasteiger partial charge < -0.3 is 9.84 Å². The van der Waals surface area contributed by atoms with Crippen molar-refractivity contribution in [3.05, 3.63) is 0 Å². The van der Waals surface area contributed by atoms with E-state index in [1.807, 2.05) is 0 Å². The van der Waals surface area contributed by atoms with Crippen LogP contribution in [0.4, 0.5) is 0 Å². The molecule has 0 spiro atoms. The van der Waals surface area contributed by atoms with E-state index in [0.29, 0.717) is 30.0 Å². The molecule has 0 aromatic rings. The average Bonchev–Trinajstić information content (AvgIpc) is 2.84. The zero-order valence-electron chi connectivity index (χ0n) is 15.8. The van der Waals surface area contributed by atoms with Crippen molar-refractivity contribution in [2.75, 3.05) is 0 Å². The third-order valence-corrected chi connectivity index (χ3v) is 8.68. The first-order valence-electron chi connectivity index (χ1n) is 10.1. The number of esters is 1. The summed E-state index contributed by atoms with van der Waals surface area (Å²) in [5.74, 6) is 1.79. The van der Waals surface area contributed by atoms with Gasteiger partial charge in [0.05, 0.1) is 6.10 Å². The Balaban J connectivity index is 1.59. The van der Waals surface area contributed by atoms with Gasteiger partial charge in [-0.25, -0.2) is 0 Å². The molecule has 1 N–H and O–H groups in total. The summed E-state index contributed by atoms with van der Waals surface area (Å²) in [4.78, 5) is 23.8. The van der Waals surface area contributed by atoms with Crippen LogP contribution in [0.1, 0.15) is 72.1 Å². The van der Waals surface area contributed by atoms with Gasteiger partial charge in [-0.2, -0.15) is 0 Å². The fourth-order valence-corrected chi connectivity index (χ4v) is 7.30. The molecule has 4 aliphatic rings. The van der Waals surface area contributed by atoms with Gasteiger partial charge in [0.1, 0.15) is 11.9 Å². The highest BCUT2D eigenvalue weighted by atomic mass is 16.5. The SMILES string of the molecule is CC(=O)OC1CC[C@@]2(C)C(C1)CC(O)[C@@H]1[C@H]2CC[C@]2(C)C(=O)CC[C@@H]12. The molecular weight excluding hydrogens is 316 g/mol. The van der Waals surface area contributed by atoms with E-state index >= 15 is 0 Å². The highest BCUT2D eigenvalue weighted by molar-refractivity contribution is 5.87. The quantitative estimate of drug-likeness (QED) is 0.737. The van der Waals surface area contributed by atoms with Crippen LogP contribution in [0, 0.1) is 34.5 Å². The number of fused-ring (bicyclic) bond motifs is 5. The lowest BCUT2D eigenvalue weighted by molar-refractivity contribution is -0.179. The van der Waals surface area contributed by atoms with Crippen LogP contribution in [0.2, 0.25) is 0 Å². The van der Waals surface area contributed by atoms with Crippen LogP contribution in [0.3, 0.4) is 0 Å². The summed E-state index contributed by atoms with van der Waals surface area (Å²) in [6.45, 7) is 6.05. The standard InChI is InChI=1S/C21H32O4/c1-12(22)25-14-6-8-20(2)13(10-14)11-17(23)19-15-4-5-18(24)21(15,3)9-7-16(19)20/h13-17,19,23H,4-11H2,1-3H3/t13?,14?,15-,16+,17?,19-,20-,21-/m0/s1. The number of aliphatic hydroxyl groups excluding tert-OH is 1. The zero-order chi connectivity index (χ0) is 18.0. The summed E-state index contributed by atoms with van der Waals surface area (Å²) in [7, 11) is 0. The predicted octanol–water partition coefficient (Wildman–Crippen LogP) is 3.50. The van der Waals surface area contributed by atoms with Crippen LogP contribution in [0.25, 0.3) is 0 Å². The van der Waals surface area contributed by atoms with Gasteiger partial charge in [-0.15, -0.1) is 0 Å². The van der Waals surface area contributed by atoms with Crippen molar-refractivity contribution in [2.24, 2.45) is 34.5 Å². The lowest BCUT2D eigenvalue weighted by Gasteiger charge is -2.61. The molecule has 4 rings (SSSR count). The van der Waals surface area contributed by atoms with E-state index in [-0.39, 0.29) is 34.9 Å². The Hall–Kier alpha value is -0.900. The minimum Gasteiger partial charge on any atom is -0.463 e. The van der Waals surface area contributed by atoms with Gasteiger partial charge in [-0.1, -0.05) is 13.8 Å². The van der Waals surface area contributed by atoms with Gasteiger partial charge >= 0.3 is 5.97 Å². The molecule has 3 unspecified atom stereocenters. The molecule has 0 aliphatic heterocycles. The molecule has 0 bridgehead atoms. The molecule has 0 aromatic carbocycles. The number of Topliss-reactive ketones (excluding diaryl/α,β-unsaturated/α-hetero) is 1. The third kappa shape index (κ3) is 2.50. The first-order valence-corrected chi connectivity index (χ1v) is 10.1. The fourth-order valence-electron chi connectivity index (χ4n) is 7.30. The maximum absolute atomic E-state index is 12.5. The normalized spacial score (nSPS) is 52.1. The van der Waals surface area contributed by atoms with Crippen molar-refractivity contribution in [1.82, 2.24) is 0 Å². The van der Waals surface area contributed by atoms with Crippen LogP contribution in [0.5, 0.6) is 0 Å². The zero-order valence-corrected chi connectivity index (χ0v) is 15.8. The number of carbonyl (C=O) groups is 2. The smallest absolute Gasteiger partial charge is 0.302 e. The fraction of sp³-hybridized carbons (Fsp3) is 0.905. The van der Waals surface area contributed by atoms with E-state index in [9.17, 15) is 14.7 Å². The Kier molecular flexibility index (Phi) is 4.06. The number of aliphatic hydroxyl groups is 1. The molecule has 4 fully saturated rings. The highest BCUT2D eigenvalue weighted by Crippen LogP contribution is 2.65. The first-order chi connectivity index (χ1) is 11.8. The van der Waals surface area contributed by atoms with Crippen LogP contribution in [0.15, 0.2) is 0 Å². The summed E-state index contributed by atoms with van der Waals surface area (Å²) >= 11 is 0. The summed E-state index contributed by atoms with van der Waals surface area (Å²) in [5.41, 5.74) is 0.0216. The van der Waals surface area contributed by atoms with Crippen molar-refractivity contribution in [3.63, 3.8) is 0 Å². The molecule has 0 radical (unpaired) electrons. The minimum atomic E-state index is -0.310. The van der Waals surface area contributed by atoms with Crippen molar-refractivity contribution in [1.29, 1.82) is 0 Å². The molecule has 4 saturated carbocycles. The second kappa shape index (κ2) is 5.80. The minimum absolute atomic E-state index is 0.0150. The molecule has 4 aliphatic carbocycles. The number of hydrogen-bond acceptors (Lipinski definition) is 4. The second-order valence-corrected chi connectivity index (χ2v) is 9.72. The number of ether oxygens (including phenoxy) is 1. The molecule has 0 heterocycles. The van der Waals surface area contributed by atoms with E-state index in [2.05, 4.69) is 13.8 Å². The maximum atomic E-state index is 12.5. The van der Waals surface area contributed by atoms with Crippen LogP contribution < -0.4 is 0 Å². The third-order valence-electron chi connectivity index (χ3n) is 8.68. The Bertz CT molecular complexity index is 586. The summed E-state index contributed by atoms with van der Waals surface area (Å²) in [6.07, 6.45) is 7.11. The van der Waals surface area contributed by atoms with Gasteiger partial charge in [-0.05, 0) is 74.0 Å². The Labute approximate surface area is 150 Å². The molecule has 4 nitrogen and oxygen atoms in total. The molecule has 0 amide bonds. The topological polar surface area (TPSA) is 63.6 Å². The van der Waals surface area contributed by atoms with E-state index in [0.717, 1.165) is 44.9 Å². The lowest BCUT2D eigenvalue weighted by Crippen LogP contribution is -2.58. The van der Waals surface area contributed by atoms with E-state index in [4.69, 9.17) is 4.74 Å².